The second kappa shape index (κ2) is 3.73. The molecule has 3 N–H and O–H groups in total. The van der Waals surface area contributed by atoms with Gasteiger partial charge in [0.1, 0.15) is 17.6 Å². The zero-order valence-electron chi connectivity index (χ0n) is 5.92. The maximum Gasteiger partial charge on any atom is 0.110 e. The Bertz CT molecular complexity index is 132. The van der Waals surface area contributed by atoms with Crippen LogP contribution in [0.15, 0.2) is 0 Å². The first-order valence-corrected chi connectivity index (χ1v) is 3.97. The SMILES string of the molecule is OCC1OC(S)CC(O)C1O. The van der Waals surface area contributed by atoms with Crippen LogP contribution in [0.3, 0.4) is 0 Å². The van der Waals surface area contributed by atoms with Gasteiger partial charge < -0.3 is 20.1 Å². The molecule has 0 amide bonds. The lowest BCUT2D eigenvalue weighted by Gasteiger charge is -2.34. The average molecular weight is 180 g/mol. The first-order chi connectivity index (χ1) is 5.15. The predicted octanol–water partition coefficient (Wildman–Crippen LogP) is -1.25. The molecule has 0 radical (unpaired) electrons. The summed E-state index contributed by atoms with van der Waals surface area (Å²) >= 11 is 3.97. The Kier molecular flexibility index (Phi) is 3.15. The molecule has 4 atom stereocenters. The van der Waals surface area contributed by atoms with Gasteiger partial charge in [-0.15, -0.1) is 12.6 Å². The topological polar surface area (TPSA) is 69.9 Å². The molecule has 1 rings (SSSR count). The van der Waals surface area contributed by atoms with Crippen molar-refractivity contribution in [2.24, 2.45) is 0 Å². The molecule has 0 bridgehead atoms. The van der Waals surface area contributed by atoms with Crippen LogP contribution in [0.1, 0.15) is 6.42 Å². The number of thiol groups is 1. The van der Waals surface area contributed by atoms with Crippen LogP contribution in [-0.2, 0) is 4.74 Å². The smallest absolute Gasteiger partial charge is 0.110 e. The molecule has 1 aliphatic rings. The van der Waals surface area contributed by atoms with Crippen molar-refractivity contribution in [1.82, 2.24) is 0 Å². The van der Waals surface area contributed by atoms with Gasteiger partial charge in [-0.05, 0) is 0 Å². The van der Waals surface area contributed by atoms with Crippen molar-refractivity contribution >= 4 is 12.6 Å². The molecule has 5 heteroatoms. The molecule has 1 fully saturated rings. The number of hydrogen-bond acceptors (Lipinski definition) is 5. The molecule has 1 heterocycles. The van der Waals surface area contributed by atoms with E-state index in [9.17, 15) is 5.11 Å². The van der Waals surface area contributed by atoms with Crippen LogP contribution in [0, 0.1) is 0 Å². The fraction of sp³-hybridized carbons (Fsp3) is 1.00. The molecule has 4 nitrogen and oxygen atoms in total. The summed E-state index contributed by atoms with van der Waals surface area (Å²) in [5.74, 6) is 0. The second-order valence-corrected chi connectivity index (χ2v) is 3.18. The van der Waals surface area contributed by atoms with Crippen LogP contribution >= 0.6 is 12.6 Å². The van der Waals surface area contributed by atoms with Gasteiger partial charge in [0.05, 0.1) is 12.7 Å². The molecule has 0 saturated carbocycles. The first-order valence-electron chi connectivity index (χ1n) is 3.45. The van der Waals surface area contributed by atoms with E-state index in [0.717, 1.165) is 0 Å². The summed E-state index contributed by atoms with van der Waals surface area (Å²) < 4.78 is 5.02. The number of ether oxygens (including phenoxy) is 1. The number of rotatable bonds is 1. The van der Waals surface area contributed by atoms with E-state index in [1.165, 1.54) is 0 Å². The van der Waals surface area contributed by atoms with Gasteiger partial charge in [-0.25, -0.2) is 0 Å². The molecule has 1 saturated heterocycles. The van der Waals surface area contributed by atoms with Crippen LogP contribution in [0.2, 0.25) is 0 Å². The molecule has 11 heavy (non-hydrogen) atoms. The highest BCUT2D eigenvalue weighted by molar-refractivity contribution is 7.80. The molecular formula is C6H12O4S. The maximum atomic E-state index is 9.19. The van der Waals surface area contributed by atoms with Gasteiger partial charge in [-0.3, -0.25) is 0 Å². The molecule has 66 valence electrons. The van der Waals surface area contributed by atoms with Crippen molar-refractivity contribution in [2.45, 2.75) is 30.2 Å². The fourth-order valence-electron chi connectivity index (χ4n) is 1.08. The Morgan fingerprint density at radius 2 is 2.09 bits per heavy atom. The van der Waals surface area contributed by atoms with Crippen LogP contribution in [0.4, 0.5) is 0 Å². The summed E-state index contributed by atoms with van der Waals surface area (Å²) in [6, 6.07) is 0. The van der Waals surface area contributed by atoms with Crippen LogP contribution in [0.5, 0.6) is 0 Å². The van der Waals surface area contributed by atoms with Crippen LogP contribution in [-0.4, -0.2) is 45.7 Å². The zero-order chi connectivity index (χ0) is 8.43. The molecule has 0 aromatic rings. The summed E-state index contributed by atoms with van der Waals surface area (Å²) in [4.78, 5) is 0. The molecule has 0 aromatic heterocycles. The van der Waals surface area contributed by atoms with E-state index in [4.69, 9.17) is 14.9 Å². The van der Waals surface area contributed by atoms with Crippen molar-refractivity contribution < 1.29 is 20.1 Å². The summed E-state index contributed by atoms with van der Waals surface area (Å²) in [6.07, 6.45) is -2.26. The Morgan fingerprint density at radius 3 is 2.64 bits per heavy atom. The average Bonchev–Trinajstić information content (AvgIpc) is 1.96. The van der Waals surface area contributed by atoms with Crippen molar-refractivity contribution in [1.29, 1.82) is 0 Å². The monoisotopic (exact) mass is 180 g/mol. The van der Waals surface area contributed by atoms with E-state index in [1.807, 2.05) is 0 Å². The van der Waals surface area contributed by atoms with Gasteiger partial charge in [0.2, 0.25) is 0 Å². The molecule has 0 aromatic carbocycles. The predicted molar refractivity (Wildman–Crippen MR) is 41.4 cm³/mol. The van der Waals surface area contributed by atoms with Crippen molar-refractivity contribution in [3.05, 3.63) is 0 Å². The van der Waals surface area contributed by atoms with Gasteiger partial charge in [-0.1, -0.05) is 0 Å². The second-order valence-electron chi connectivity index (χ2n) is 2.61. The summed E-state index contributed by atoms with van der Waals surface area (Å²) in [7, 11) is 0. The highest BCUT2D eigenvalue weighted by Gasteiger charge is 2.34. The van der Waals surface area contributed by atoms with Crippen LogP contribution in [0.25, 0.3) is 0 Å². The quantitative estimate of drug-likeness (QED) is 0.380. The van der Waals surface area contributed by atoms with Crippen molar-refractivity contribution in [3.8, 4) is 0 Å². The minimum absolute atomic E-state index is 0.292. The van der Waals surface area contributed by atoms with E-state index >= 15 is 0 Å². The third kappa shape index (κ3) is 2.07. The van der Waals surface area contributed by atoms with Gasteiger partial charge in [0, 0.05) is 6.42 Å². The lowest BCUT2D eigenvalue weighted by molar-refractivity contribution is -0.156. The van der Waals surface area contributed by atoms with Crippen molar-refractivity contribution in [2.75, 3.05) is 6.61 Å². The molecule has 4 unspecified atom stereocenters. The summed E-state index contributed by atoms with van der Waals surface area (Å²) in [5.41, 5.74) is -0.398. The minimum atomic E-state index is -0.997. The van der Waals surface area contributed by atoms with Crippen molar-refractivity contribution in [3.63, 3.8) is 0 Å². The molecule has 1 aliphatic heterocycles. The Labute approximate surface area is 70.2 Å². The first kappa shape index (κ1) is 9.28. The maximum absolute atomic E-state index is 9.19. The normalized spacial score (nSPS) is 45.8. The summed E-state index contributed by atoms with van der Waals surface area (Å²) in [5, 5.41) is 27.0. The molecular weight excluding hydrogens is 168 g/mol. The highest BCUT2D eigenvalue weighted by atomic mass is 32.1. The number of aliphatic hydroxyl groups excluding tert-OH is 3. The van der Waals surface area contributed by atoms with Gasteiger partial charge in [0.15, 0.2) is 0 Å². The number of hydrogen-bond donors (Lipinski definition) is 4. The molecule has 0 aliphatic carbocycles. The summed E-state index contributed by atoms with van der Waals surface area (Å²) in [6.45, 7) is -0.296. The Hall–Kier alpha value is 0.190. The lowest BCUT2D eigenvalue weighted by Crippen LogP contribution is -2.48. The van der Waals surface area contributed by atoms with Gasteiger partial charge in [0.25, 0.3) is 0 Å². The Morgan fingerprint density at radius 1 is 1.45 bits per heavy atom. The van der Waals surface area contributed by atoms with E-state index < -0.39 is 23.7 Å². The minimum Gasteiger partial charge on any atom is -0.394 e. The van der Waals surface area contributed by atoms with E-state index in [1.54, 1.807) is 0 Å². The lowest BCUT2D eigenvalue weighted by atomic mass is 10.0. The third-order valence-electron chi connectivity index (χ3n) is 1.73. The molecule has 0 spiro atoms. The number of aliphatic hydroxyl groups is 3. The standard InChI is InChI=1S/C6H12O4S/c7-2-4-6(9)3(8)1-5(11)10-4/h3-9,11H,1-2H2. The van der Waals surface area contributed by atoms with Crippen LogP contribution < -0.4 is 0 Å². The van der Waals surface area contributed by atoms with E-state index in [2.05, 4.69) is 12.6 Å². The van der Waals surface area contributed by atoms with E-state index in [-0.39, 0.29) is 6.61 Å². The fourth-order valence-corrected chi connectivity index (χ4v) is 1.45. The Balaban J connectivity index is 2.51. The zero-order valence-corrected chi connectivity index (χ0v) is 6.82. The van der Waals surface area contributed by atoms with E-state index in [0.29, 0.717) is 6.42 Å². The van der Waals surface area contributed by atoms with Gasteiger partial charge in [-0.2, -0.15) is 0 Å². The third-order valence-corrected chi connectivity index (χ3v) is 2.06. The van der Waals surface area contributed by atoms with Gasteiger partial charge >= 0.3 is 0 Å². The largest absolute Gasteiger partial charge is 0.394 e. The highest BCUT2D eigenvalue weighted by Crippen LogP contribution is 2.21.